The number of benzene rings is 1. The van der Waals surface area contributed by atoms with Crippen molar-refractivity contribution >= 4 is 35.5 Å². The minimum absolute atomic E-state index is 0.104. The highest BCUT2D eigenvalue weighted by atomic mass is 16.5. The summed E-state index contributed by atoms with van der Waals surface area (Å²) in [6.45, 7) is 8.29. The molecule has 0 atom stereocenters. The third-order valence-corrected chi connectivity index (χ3v) is 4.72. The van der Waals surface area contributed by atoms with Gasteiger partial charge in [0.05, 0.1) is 18.9 Å². The van der Waals surface area contributed by atoms with Crippen LogP contribution < -0.4 is 25.0 Å². The van der Waals surface area contributed by atoms with Crippen molar-refractivity contribution in [3.05, 3.63) is 18.2 Å². The number of carbonyl (C=O) groups excluding carboxylic acids is 5. The van der Waals surface area contributed by atoms with Gasteiger partial charge < -0.3 is 14.8 Å². The van der Waals surface area contributed by atoms with Crippen LogP contribution in [0.4, 0.5) is 15.3 Å². The summed E-state index contributed by atoms with van der Waals surface area (Å²) in [6, 6.07) is 2.72. The van der Waals surface area contributed by atoms with Gasteiger partial charge in [0.25, 0.3) is 0 Å². The molecule has 0 spiro atoms. The van der Waals surface area contributed by atoms with Crippen molar-refractivity contribution in [2.45, 2.75) is 47.0 Å². The molecule has 0 bridgehead atoms. The molecule has 7 amide bonds. The van der Waals surface area contributed by atoms with E-state index in [4.69, 9.17) is 9.47 Å². The second-order valence-electron chi connectivity index (χ2n) is 8.13. The molecule has 1 saturated heterocycles. The molecule has 11 nitrogen and oxygen atoms in total. The van der Waals surface area contributed by atoms with E-state index in [1.165, 1.54) is 12.1 Å². The Morgan fingerprint density at radius 3 is 2.24 bits per heavy atom. The number of hydrogen-bond donors (Lipinski definition) is 2. The van der Waals surface area contributed by atoms with E-state index in [0.29, 0.717) is 47.0 Å². The summed E-state index contributed by atoms with van der Waals surface area (Å²) in [5.41, 5.74) is 0.104. The summed E-state index contributed by atoms with van der Waals surface area (Å²) in [5.74, 6) is -2.02. The number of imide groups is 3. The summed E-state index contributed by atoms with van der Waals surface area (Å²) < 4.78 is 11.3. The number of ether oxygens (including phenoxy) is 2. The highest BCUT2D eigenvalue weighted by Gasteiger charge is 2.46. The Labute approximate surface area is 198 Å². The summed E-state index contributed by atoms with van der Waals surface area (Å²) in [6.07, 6.45) is 2.23. The normalized spacial score (nSPS) is 13.5. The number of nitrogens with one attached hydrogen (secondary N) is 2. The molecule has 0 unspecified atom stereocenters. The Hall–Kier alpha value is -3.63. The van der Waals surface area contributed by atoms with Crippen LogP contribution in [0.25, 0.3) is 0 Å². The Bertz CT molecular complexity index is 932. The minimum atomic E-state index is -1.16. The van der Waals surface area contributed by atoms with Crippen LogP contribution in [-0.4, -0.2) is 61.0 Å². The lowest BCUT2D eigenvalue weighted by atomic mass is 10.1. The number of carbonyl (C=O) groups is 5. The van der Waals surface area contributed by atoms with Crippen molar-refractivity contribution in [3.8, 4) is 11.5 Å². The van der Waals surface area contributed by atoms with Crippen molar-refractivity contribution < 1.29 is 33.4 Å². The largest absolute Gasteiger partial charge is 0.490 e. The van der Waals surface area contributed by atoms with E-state index in [9.17, 15) is 24.0 Å². The van der Waals surface area contributed by atoms with Gasteiger partial charge >= 0.3 is 23.9 Å². The van der Waals surface area contributed by atoms with Gasteiger partial charge in [-0.05, 0) is 37.3 Å². The minimum Gasteiger partial charge on any atom is -0.490 e. The molecule has 1 aliphatic rings. The number of nitrogens with zero attached hydrogens (tertiary/aromatic N) is 2. The average molecular weight is 477 g/mol. The monoisotopic (exact) mass is 476 g/mol. The van der Waals surface area contributed by atoms with E-state index in [2.05, 4.69) is 5.32 Å². The van der Waals surface area contributed by atoms with E-state index in [0.717, 1.165) is 19.3 Å². The van der Waals surface area contributed by atoms with E-state index in [1.54, 1.807) is 6.07 Å². The summed E-state index contributed by atoms with van der Waals surface area (Å²) >= 11 is 0. The number of rotatable bonds is 12. The van der Waals surface area contributed by atoms with E-state index in [-0.39, 0.29) is 5.69 Å². The Morgan fingerprint density at radius 1 is 0.971 bits per heavy atom. The first-order valence-electron chi connectivity index (χ1n) is 11.4. The topological polar surface area (TPSA) is 134 Å². The number of anilines is 1. The smallest absolute Gasteiger partial charge is 0.339 e. The maximum atomic E-state index is 12.8. The van der Waals surface area contributed by atoms with Gasteiger partial charge in [0, 0.05) is 12.6 Å². The molecule has 1 aromatic carbocycles. The van der Waals surface area contributed by atoms with Gasteiger partial charge in [-0.1, -0.05) is 27.7 Å². The van der Waals surface area contributed by atoms with E-state index in [1.807, 2.05) is 33.0 Å². The first-order chi connectivity index (χ1) is 16.2. The summed E-state index contributed by atoms with van der Waals surface area (Å²) in [7, 11) is 0. The quantitative estimate of drug-likeness (QED) is 0.349. The lowest BCUT2D eigenvalue weighted by Crippen LogP contribution is -2.46. The zero-order valence-electron chi connectivity index (χ0n) is 20.0. The van der Waals surface area contributed by atoms with E-state index >= 15 is 0 Å². The molecule has 0 aromatic heterocycles. The Morgan fingerprint density at radius 2 is 1.62 bits per heavy atom. The van der Waals surface area contributed by atoms with Gasteiger partial charge in [-0.15, -0.1) is 0 Å². The maximum Gasteiger partial charge on any atom is 0.339 e. The van der Waals surface area contributed by atoms with Crippen LogP contribution in [0.3, 0.4) is 0 Å². The van der Waals surface area contributed by atoms with Crippen LogP contribution in [0.5, 0.6) is 11.5 Å². The fraction of sp³-hybridized carbons (Fsp3) is 0.522. The van der Waals surface area contributed by atoms with Crippen molar-refractivity contribution in [1.82, 2.24) is 15.5 Å². The SMILES string of the molecule is CCCOc1ccc(N2C(=O)C(=O)N(CC(=O)NC(=O)NCCC(C)C)C2=O)cc1OCCC. The molecule has 1 aliphatic heterocycles. The molecule has 0 saturated carbocycles. The van der Waals surface area contributed by atoms with Crippen molar-refractivity contribution in [2.75, 3.05) is 31.2 Å². The average Bonchev–Trinajstić information content (AvgIpc) is 2.99. The van der Waals surface area contributed by atoms with Gasteiger partial charge in [-0.2, -0.15) is 0 Å². The lowest BCUT2D eigenvalue weighted by molar-refractivity contribution is -0.140. The molecule has 34 heavy (non-hydrogen) atoms. The second-order valence-corrected chi connectivity index (χ2v) is 8.13. The predicted molar refractivity (Wildman–Crippen MR) is 124 cm³/mol. The zero-order chi connectivity index (χ0) is 25.3. The van der Waals surface area contributed by atoms with E-state index < -0.39 is 36.3 Å². The fourth-order valence-electron chi connectivity index (χ4n) is 2.99. The molecular weight excluding hydrogens is 444 g/mol. The van der Waals surface area contributed by atoms with Crippen LogP contribution in [0.2, 0.25) is 0 Å². The molecule has 1 heterocycles. The Kier molecular flexibility index (Phi) is 9.84. The molecule has 0 radical (unpaired) electrons. The van der Waals surface area contributed by atoms with Crippen LogP contribution >= 0.6 is 0 Å². The van der Waals surface area contributed by atoms with Crippen molar-refractivity contribution in [3.63, 3.8) is 0 Å². The molecule has 186 valence electrons. The third kappa shape index (κ3) is 6.93. The van der Waals surface area contributed by atoms with Gasteiger partial charge in [0.15, 0.2) is 11.5 Å². The molecular formula is C23H32N4O7. The highest BCUT2D eigenvalue weighted by Crippen LogP contribution is 2.34. The molecule has 1 aromatic rings. The maximum absolute atomic E-state index is 12.8. The van der Waals surface area contributed by atoms with Gasteiger partial charge in [0.1, 0.15) is 6.54 Å². The van der Waals surface area contributed by atoms with Crippen LogP contribution in [0, 0.1) is 5.92 Å². The molecule has 11 heteroatoms. The Balaban J connectivity index is 2.11. The standard InChI is InChI=1S/C23H32N4O7/c1-5-11-33-17-8-7-16(13-18(17)34-12-6-2)27-21(30)20(29)26(23(27)32)14-19(28)25-22(31)24-10-9-15(3)4/h7-8,13,15H,5-6,9-12,14H2,1-4H3,(H2,24,25,28,31). The predicted octanol–water partition coefficient (Wildman–Crippen LogP) is 2.43. The first kappa shape index (κ1) is 26.6. The molecule has 0 aliphatic carbocycles. The van der Waals surface area contributed by atoms with Crippen molar-refractivity contribution in [1.29, 1.82) is 0 Å². The summed E-state index contributed by atoms with van der Waals surface area (Å²) in [4.78, 5) is 63.0. The summed E-state index contributed by atoms with van der Waals surface area (Å²) in [5, 5.41) is 4.56. The molecule has 2 N–H and O–H groups in total. The van der Waals surface area contributed by atoms with Gasteiger partial charge in [0.2, 0.25) is 5.91 Å². The molecule has 2 rings (SSSR count). The van der Waals surface area contributed by atoms with Crippen LogP contribution in [0.15, 0.2) is 18.2 Å². The van der Waals surface area contributed by atoms with Crippen LogP contribution in [-0.2, 0) is 14.4 Å². The van der Waals surface area contributed by atoms with Gasteiger partial charge in [-0.25, -0.2) is 19.4 Å². The number of amides is 7. The number of hydrogen-bond acceptors (Lipinski definition) is 7. The first-order valence-corrected chi connectivity index (χ1v) is 11.4. The number of urea groups is 2. The van der Waals surface area contributed by atoms with Crippen molar-refractivity contribution in [2.24, 2.45) is 5.92 Å². The fourth-order valence-corrected chi connectivity index (χ4v) is 2.99. The van der Waals surface area contributed by atoms with Crippen LogP contribution in [0.1, 0.15) is 47.0 Å². The molecule has 1 fully saturated rings. The second kappa shape index (κ2) is 12.6. The third-order valence-electron chi connectivity index (χ3n) is 4.72. The zero-order valence-corrected chi connectivity index (χ0v) is 20.0. The highest BCUT2D eigenvalue weighted by molar-refractivity contribution is 6.53. The van der Waals surface area contributed by atoms with Gasteiger partial charge in [-0.3, -0.25) is 19.7 Å². The lowest BCUT2D eigenvalue weighted by Gasteiger charge is -2.18.